The lowest BCUT2D eigenvalue weighted by atomic mass is 10.1. The first-order chi connectivity index (χ1) is 7.33. The predicted octanol–water partition coefficient (Wildman–Crippen LogP) is 1.76. The zero-order chi connectivity index (χ0) is 10.7. The van der Waals surface area contributed by atoms with Crippen LogP contribution in [0, 0.1) is 0 Å². The molecule has 0 aliphatic rings. The maximum atomic E-state index is 10.7. The summed E-state index contributed by atoms with van der Waals surface area (Å²) in [6.07, 6.45) is 3.31. The summed E-state index contributed by atoms with van der Waals surface area (Å²) in [6.45, 7) is 0. The van der Waals surface area contributed by atoms with Gasteiger partial charge in [0.25, 0.3) is 0 Å². The minimum absolute atomic E-state index is 0.116. The normalized spacial score (nSPS) is 12.9. The van der Waals surface area contributed by atoms with E-state index in [-0.39, 0.29) is 6.04 Å². The zero-order valence-electron chi connectivity index (χ0n) is 8.57. The van der Waals surface area contributed by atoms with Gasteiger partial charge in [-0.25, -0.2) is 0 Å². The van der Waals surface area contributed by atoms with Crippen LogP contribution >= 0.6 is 0 Å². The number of hydrogen-bond acceptors (Lipinski definition) is 3. The fourth-order valence-electron chi connectivity index (χ4n) is 1.62. The predicted molar refractivity (Wildman–Crippen MR) is 58.8 cm³/mol. The molecule has 1 aromatic carbocycles. The number of furan rings is 1. The fourth-order valence-corrected chi connectivity index (χ4v) is 1.62. The topological polar surface area (TPSA) is 42.2 Å². The third-order valence-electron chi connectivity index (χ3n) is 2.51. The molecule has 3 nitrogen and oxygen atoms in total. The van der Waals surface area contributed by atoms with Crippen molar-refractivity contribution in [3.8, 4) is 0 Å². The Morgan fingerprint density at radius 2 is 2.33 bits per heavy atom. The number of carbonyl (C=O) groups excluding carboxylic acids is 1. The highest BCUT2D eigenvalue weighted by Gasteiger charge is 2.06. The minimum atomic E-state index is -0.116. The lowest BCUT2D eigenvalue weighted by molar-refractivity contribution is -0.109. The molecule has 0 bridgehead atoms. The summed E-state index contributed by atoms with van der Waals surface area (Å²) < 4.78 is 5.25. The van der Waals surface area contributed by atoms with E-state index in [0.717, 1.165) is 22.8 Å². The summed E-state index contributed by atoms with van der Waals surface area (Å²) in [6, 6.07) is 7.78. The summed E-state index contributed by atoms with van der Waals surface area (Å²) in [4.78, 5) is 10.7. The molecule has 15 heavy (non-hydrogen) atoms. The number of carbonyl (C=O) groups is 1. The van der Waals surface area contributed by atoms with Crippen molar-refractivity contribution in [2.24, 2.45) is 0 Å². The Kier molecular flexibility index (Phi) is 2.83. The molecule has 0 fully saturated rings. The van der Waals surface area contributed by atoms with Gasteiger partial charge in [-0.15, -0.1) is 0 Å². The molecule has 1 N–H and O–H groups in total. The molecule has 0 unspecified atom stereocenters. The maximum Gasteiger partial charge on any atom is 0.137 e. The van der Waals surface area contributed by atoms with Crippen molar-refractivity contribution in [2.75, 3.05) is 7.05 Å². The van der Waals surface area contributed by atoms with Crippen LogP contribution in [0.3, 0.4) is 0 Å². The van der Waals surface area contributed by atoms with Gasteiger partial charge in [0, 0.05) is 5.39 Å². The third-order valence-corrected chi connectivity index (χ3v) is 2.51. The molecule has 0 aliphatic carbocycles. The average molecular weight is 203 g/mol. The Labute approximate surface area is 88.1 Å². The Balaban J connectivity index is 2.24. The van der Waals surface area contributed by atoms with Crippen molar-refractivity contribution < 1.29 is 9.21 Å². The molecule has 0 saturated heterocycles. The van der Waals surface area contributed by atoms with Crippen LogP contribution in [0.1, 0.15) is 5.56 Å². The number of rotatable bonds is 4. The van der Waals surface area contributed by atoms with E-state index in [0.29, 0.717) is 6.42 Å². The summed E-state index contributed by atoms with van der Waals surface area (Å²) in [7, 11) is 1.79. The van der Waals surface area contributed by atoms with E-state index in [2.05, 4.69) is 5.32 Å². The van der Waals surface area contributed by atoms with Crippen molar-refractivity contribution in [3.05, 3.63) is 36.1 Å². The van der Waals surface area contributed by atoms with Crippen molar-refractivity contribution in [1.82, 2.24) is 5.32 Å². The molecule has 0 spiro atoms. The molecule has 2 aromatic rings. The van der Waals surface area contributed by atoms with Gasteiger partial charge in [-0.3, -0.25) is 0 Å². The summed E-state index contributed by atoms with van der Waals surface area (Å²) >= 11 is 0. The number of nitrogens with one attached hydrogen (secondary N) is 1. The van der Waals surface area contributed by atoms with Gasteiger partial charge >= 0.3 is 0 Å². The largest absolute Gasteiger partial charge is 0.464 e. The van der Waals surface area contributed by atoms with Crippen LogP contribution in [0.15, 0.2) is 34.9 Å². The molecular formula is C12H13NO2. The van der Waals surface area contributed by atoms with Crippen LogP contribution in [-0.4, -0.2) is 19.4 Å². The van der Waals surface area contributed by atoms with Crippen LogP contribution < -0.4 is 5.32 Å². The van der Waals surface area contributed by atoms with Crippen LogP contribution in [0.2, 0.25) is 0 Å². The first kappa shape index (κ1) is 9.93. The highest BCUT2D eigenvalue weighted by molar-refractivity contribution is 5.77. The Morgan fingerprint density at radius 3 is 3.07 bits per heavy atom. The van der Waals surface area contributed by atoms with Gasteiger partial charge in [-0.1, -0.05) is 6.07 Å². The van der Waals surface area contributed by atoms with E-state index >= 15 is 0 Å². The number of hydrogen-bond donors (Lipinski definition) is 1. The van der Waals surface area contributed by atoms with E-state index in [9.17, 15) is 4.79 Å². The van der Waals surface area contributed by atoms with Crippen molar-refractivity contribution in [2.45, 2.75) is 12.5 Å². The Morgan fingerprint density at radius 1 is 1.47 bits per heavy atom. The van der Waals surface area contributed by atoms with Crippen LogP contribution in [-0.2, 0) is 11.2 Å². The second-order valence-corrected chi connectivity index (χ2v) is 3.53. The zero-order valence-corrected chi connectivity index (χ0v) is 8.57. The van der Waals surface area contributed by atoms with E-state index in [1.54, 1.807) is 13.3 Å². The van der Waals surface area contributed by atoms with Gasteiger partial charge in [0.2, 0.25) is 0 Å². The lowest BCUT2D eigenvalue weighted by Crippen LogP contribution is -2.28. The van der Waals surface area contributed by atoms with Gasteiger partial charge in [-0.2, -0.15) is 0 Å². The molecule has 0 amide bonds. The molecular weight excluding hydrogens is 190 g/mol. The first-order valence-corrected chi connectivity index (χ1v) is 4.92. The fraction of sp³-hybridized carbons (Fsp3) is 0.250. The number of likely N-dealkylation sites (N-methyl/N-ethyl adjacent to an activating group) is 1. The van der Waals surface area contributed by atoms with E-state index < -0.39 is 0 Å². The number of aldehydes is 1. The molecule has 78 valence electrons. The number of benzene rings is 1. The van der Waals surface area contributed by atoms with Crippen LogP contribution in [0.5, 0.6) is 0 Å². The average Bonchev–Trinajstić information content (AvgIpc) is 2.73. The SMILES string of the molecule is CN[C@H](C=O)Cc1ccc2occc2c1. The van der Waals surface area contributed by atoms with Gasteiger partial charge < -0.3 is 14.5 Å². The van der Waals surface area contributed by atoms with E-state index in [4.69, 9.17) is 4.42 Å². The van der Waals surface area contributed by atoms with Gasteiger partial charge in [0.15, 0.2) is 0 Å². The smallest absolute Gasteiger partial charge is 0.137 e. The van der Waals surface area contributed by atoms with Crippen LogP contribution in [0.4, 0.5) is 0 Å². The molecule has 1 atom stereocenters. The van der Waals surface area contributed by atoms with E-state index in [1.165, 1.54) is 0 Å². The monoisotopic (exact) mass is 203 g/mol. The second kappa shape index (κ2) is 4.28. The van der Waals surface area contributed by atoms with Crippen LogP contribution in [0.25, 0.3) is 11.0 Å². The third kappa shape index (κ3) is 2.07. The van der Waals surface area contributed by atoms with Crippen molar-refractivity contribution >= 4 is 17.3 Å². The molecule has 2 rings (SSSR count). The quantitative estimate of drug-likeness (QED) is 0.770. The molecule has 0 saturated carbocycles. The summed E-state index contributed by atoms with van der Waals surface area (Å²) in [5.41, 5.74) is 2.02. The van der Waals surface area contributed by atoms with E-state index in [1.807, 2.05) is 24.3 Å². The molecule has 0 radical (unpaired) electrons. The van der Waals surface area contributed by atoms with Gasteiger partial charge in [0.05, 0.1) is 12.3 Å². The van der Waals surface area contributed by atoms with Crippen molar-refractivity contribution in [1.29, 1.82) is 0 Å². The standard InChI is InChI=1S/C12H13NO2/c1-13-11(8-14)7-9-2-3-12-10(6-9)4-5-15-12/h2-6,8,11,13H,7H2,1H3/t11-/m0/s1. The Hall–Kier alpha value is -1.61. The maximum absolute atomic E-state index is 10.7. The minimum Gasteiger partial charge on any atom is -0.464 e. The second-order valence-electron chi connectivity index (χ2n) is 3.53. The molecule has 1 heterocycles. The molecule has 1 aromatic heterocycles. The number of fused-ring (bicyclic) bond motifs is 1. The van der Waals surface area contributed by atoms with Gasteiger partial charge in [0.1, 0.15) is 11.9 Å². The highest BCUT2D eigenvalue weighted by atomic mass is 16.3. The first-order valence-electron chi connectivity index (χ1n) is 4.92. The Bertz CT molecular complexity index is 461. The summed E-state index contributed by atoms with van der Waals surface area (Å²) in [5, 5.41) is 4.03. The summed E-state index contributed by atoms with van der Waals surface area (Å²) in [5.74, 6) is 0. The molecule has 0 aliphatic heterocycles. The van der Waals surface area contributed by atoms with Gasteiger partial charge in [-0.05, 0) is 37.2 Å². The van der Waals surface area contributed by atoms with Crippen molar-refractivity contribution in [3.63, 3.8) is 0 Å². The lowest BCUT2D eigenvalue weighted by Gasteiger charge is -2.08. The highest BCUT2D eigenvalue weighted by Crippen LogP contribution is 2.17. The molecule has 3 heteroatoms.